The summed E-state index contributed by atoms with van der Waals surface area (Å²) in [5.74, 6) is -0.827. The van der Waals surface area contributed by atoms with Crippen molar-refractivity contribution >= 4 is 23.3 Å². The Morgan fingerprint density at radius 2 is 2.00 bits per heavy atom. The minimum Gasteiger partial charge on any atom is -0.458 e. The highest BCUT2D eigenvalue weighted by atomic mass is 16.6. The van der Waals surface area contributed by atoms with Gasteiger partial charge in [0.1, 0.15) is 6.10 Å². The fourth-order valence-electron chi connectivity index (χ4n) is 1.64. The van der Waals surface area contributed by atoms with Crippen molar-refractivity contribution in [1.29, 1.82) is 0 Å². The van der Waals surface area contributed by atoms with E-state index in [-0.39, 0.29) is 17.2 Å². The second kappa shape index (κ2) is 5.94. The van der Waals surface area contributed by atoms with E-state index in [0.29, 0.717) is 5.69 Å². The molecule has 102 valence electrons. The third kappa shape index (κ3) is 4.06. The molecule has 0 aliphatic carbocycles. The van der Waals surface area contributed by atoms with Crippen LogP contribution in [-0.2, 0) is 14.3 Å². The van der Waals surface area contributed by atoms with E-state index in [1.165, 1.54) is 39.0 Å². The van der Waals surface area contributed by atoms with Crippen LogP contribution in [0.2, 0.25) is 0 Å². The van der Waals surface area contributed by atoms with Crippen LogP contribution in [0.3, 0.4) is 0 Å². The van der Waals surface area contributed by atoms with Crippen molar-refractivity contribution in [1.82, 2.24) is 0 Å². The number of nitrogens with zero attached hydrogens (tertiary/aromatic N) is 1. The molecule has 1 aromatic carbocycles. The van der Waals surface area contributed by atoms with Crippen LogP contribution in [-0.4, -0.2) is 16.8 Å². The highest BCUT2D eigenvalue weighted by Gasteiger charge is 2.21. The van der Waals surface area contributed by atoms with Gasteiger partial charge in [-0.15, -0.1) is 0 Å². The van der Waals surface area contributed by atoms with Crippen LogP contribution < -0.4 is 5.32 Å². The highest BCUT2D eigenvalue weighted by molar-refractivity contribution is 5.89. The van der Waals surface area contributed by atoms with Crippen LogP contribution in [0, 0.1) is 10.1 Å². The van der Waals surface area contributed by atoms with Crippen LogP contribution in [0.1, 0.15) is 32.4 Å². The van der Waals surface area contributed by atoms with Gasteiger partial charge in [0.15, 0.2) is 0 Å². The quantitative estimate of drug-likeness (QED) is 0.511. The van der Waals surface area contributed by atoms with Crippen LogP contribution in [0.25, 0.3) is 0 Å². The first-order chi connectivity index (χ1) is 8.81. The van der Waals surface area contributed by atoms with Crippen LogP contribution in [0.5, 0.6) is 0 Å². The summed E-state index contributed by atoms with van der Waals surface area (Å²) >= 11 is 0. The van der Waals surface area contributed by atoms with Gasteiger partial charge in [0.25, 0.3) is 5.69 Å². The molecule has 0 spiro atoms. The number of rotatable bonds is 4. The smallest absolute Gasteiger partial charge is 0.303 e. The van der Waals surface area contributed by atoms with E-state index >= 15 is 0 Å². The number of esters is 1. The first kappa shape index (κ1) is 14.6. The minimum atomic E-state index is -0.772. The summed E-state index contributed by atoms with van der Waals surface area (Å²) < 4.78 is 4.93. The Kier molecular flexibility index (Phi) is 4.57. The molecule has 0 heterocycles. The van der Waals surface area contributed by atoms with Crippen molar-refractivity contribution in [3.05, 3.63) is 33.9 Å². The van der Waals surface area contributed by atoms with E-state index in [0.717, 1.165) is 0 Å². The molecule has 0 radical (unpaired) electrons. The van der Waals surface area contributed by atoms with Crippen molar-refractivity contribution in [2.75, 3.05) is 5.32 Å². The molecule has 19 heavy (non-hydrogen) atoms. The maximum Gasteiger partial charge on any atom is 0.303 e. The average molecular weight is 266 g/mol. The Hall–Kier alpha value is -2.44. The topological polar surface area (TPSA) is 98.5 Å². The first-order valence-electron chi connectivity index (χ1n) is 5.54. The van der Waals surface area contributed by atoms with Gasteiger partial charge >= 0.3 is 5.97 Å². The molecule has 0 saturated heterocycles. The molecule has 0 bridgehead atoms. The molecular weight excluding hydrogens is 252 g/mol. The number of benzene rings is 1. The standard InChI is InChI=1S/C12H14N2O5/c1-7(19-9(3)16)11-6-10(13-8(2)15)4-5-12(11)14(17)18/h4-7H,1-3H3,(H,13,15). The zero-order valence-electron chi connectivity index (χ0n) is 10.8. The fourth-order valence-corrected chi connectivity index (χ4v) is 1.64. The van der Waals surface area contributed by atoms with E-state index in [1.54, 1.807) is 0 Å². The lowest BCUT2D eigenvalue weighted by Crippen LogP contribution is -2.10. The number of carbonyl (C=O) groups is 2. The van der Waals surface area contributed by atoms with Gasteiger partial charge in [0, 0.05) is 25.6 Å². The van der Waals surface area contributed by atoms with Gasteiger partial charge in [0.05, 0.1) is 10.5 Å². The predicted octanol–water partition coefficient (Wildman–Crippen LogP) is 2.18. The molecule has 1 aromatic rings. The second-order valence-electron chi connectivity index (χ2n) is 3.96. The molecule has 1 amide bonds. The normalized spacial score (nSPS) is 11.5. The Morgan fingerprint density at radius 3 is 2.47 bits per heavy atom. The predicted molar refractivity (Wildman–Crippen MR) is 67.6 cm³/mol. The molecule has 1 atom stereocenters. The Balaban J connectivity index is 3.18. The van der Waals surface area contributed by atoms with Gasteiger partial charge in [-0.05, 0) is 19.1 Å². The summed E-state index contributed by atoms with van der Waals surface area (Å²) in [5.41, 5.74) is 0.474. The van der Waals surface area contributed by atoms with Gasteiger partial charge in [0.2, 0.25) is 5.91 Å². The number of nitro benzene ring substituents is 1. The maximum absolute atomic E-state index is 11.0. The Morgan fingerprint density at radius 1 is 1.37 bits per heavy atom. The summed E-state index contributed by atoms with van der Waals surface area (Å²) in [4.78, 5) is 32.2. The molecule has 0 fully saturated rings. The van der Waals surface area contributed by atoms with E-state index in [1.807, 2.05) is 0 Å². The van der Waals surface area contributed by atoms with Crippen molar-refractivity contribution in [3.63, 3.8) is 0 Å². The molecule has 1 rings (SSSR count). The molecule has 7 nitrogen and oxygen atoms in total. The maximum atomic E-state index is 11.0. The summed E-state index contributed by atoms with van der Waals surface area (Å²) in [7, 11) is 0. The average Bonchev–Trinajstić information content (AvgIpc) is 2.26. The van der Waals surface area contributed by atoms with Crippen molar-refractivity contribution in [3.8, 4) is 0 Å². The lowest BCUT2D eigenvalue weighted by Gasteiger charge is -2.13. The van der Waals surface area contributed by atoms with Gasteiger partial charge in [-0.1, -0.05) is 0 Å². The number of hydrogen-bond donors (Lipinski definition) is 1. The third-order valence-corrected chi connectivity index (χ3v) is 2.33. The molecule has 0 aromatic heterocycles. The number of anilines is 1. The number of hydrogen-bond acceptors (Lipinski definition) is 5. The molecule has 0 saturated carbocycles. The zero-order valence-corrected chi connectivity index (χ0v) is 10.8. The number of nitro groups is 1. The summed E-state index contributed by atoms with van der Waals surface area (Å²) in [6, 6.07) is 4.11. The molecule has 1 unspecified atom stereocenters. The zero-order chi connectivity index (χ0) is 14.6. The van der Waals surface area contributed by atoms with Crippen LogP contribution in [0.15, 0.2) is 18.2 Å². The van der Waals surface area contributed by atoms with Crippen molar-refractivity contribution < 1.29 is 19.2 Å². The van der Waals surface area contributed by atoms with Gasteiger partial charge < -0.3 is 10.1 Å². The molecule has 0 aliphatic rings. The monoisotopic (exact) mass is 266 g/mol. The van der Waals surface area contributed by atoms with Crippen LogP contribution in [0.4, 0.5) is 11.4 Å². The van der Waals surface area contributed by atoms with Crippen LogP contribution >= 0.6 is 0 Å². The van der Waals surface area contributed by atoms with Gasteiger partial charge in [-0.25, -0.2) is 0 Å². The Bertz CT molecular complexity index is 527. The van der Waals surface area contributed by atoms with E-state index in [4.69, 9.17) is 4.74 Å². The second-order valence-corrected chi connectivity index (χ2v) is 3.96. The number of ether oxygens (including phenoxy) is 1. The largest absolute Gasteiger partial charge is 0.458 e. The molecule has 1 N–H and O–H groups in total. The fraction of sp³-hybridized carbons (Fsp3) is 0.333. The summed E-state index contributed by atoms with van der Waals surface area (Å²) in [6.45, 7) is 4.08. The molecule has 0 aliphatic heterocycles. The highest BCUT2D eigenvalue weighted by Crippen LogP contribution is 2.30. The third-order valence-electron chi connectivity index (χ3n) is 2.33. The van der Waals surface area contributed by atoms with E-state index in [2.05, 4.69) is 5.32 Å². The summed E-state index contributed by atoms with van der Waals surface area (Å²) in [6.07, 6.45) is -0.772. The van der Waals surface area contributed by atoms with E-state index < -0.39 is 17.0 Å². The number of nitrogens with one attached hydrogen (secondary N) is 1. The lowest BCUT2D eigenvalue weighted by molar-refractivity contribution is -0.386. The molecular formula is C12H14N2O5. The number of amides is 1. The Labute approximate surface area is 109 Å². The van der Waals surface area contributed by atoms with Gasteiger partial charge in [-0.2, -0.15) is 0 Å². The summed E-state index contributed by atoms with van der Waals surface area (Å²) in [5, 5.41) is 13.4. The first-order valence-corrected chi connectivity index (χ1v) is 5.54. The lowest BCUT2D eigenvalue weighted by atomic mass is 10.1. The SMILES string of the molecule is CC(=O)Nc1ccc([N+](=O)[O-])c(C(C)OC(C)=O)c1. The molecule has 7 heteroatoms. The number of carbonyl (C=O) groups excluding carboxylic acids is 2. The van der Waals surface area contributed by atoms with Crippen molar-refractivity contribution in [2.24, 2.45) is 0 Å². The van der Waals surface area contributed by atoms with Crippen molar-refractivity contribution in [2.45, 2.75) is 26.9 Å². The van der Waals surface area contributed by atoms with E-state index in [9.17, 15) is 19.7 Å². The van der Waals surface area contributed by atoms with Gasteiger partial charge in [-0.3, -0.25) is 19.7 Å². The minimum absolute atomic E-state index is 0.164.